The van der Waals surface area contributed by atoms with Crippen LogP contribution < -0.4 is 4.72 Å². The van der Waals surface area contributed by atoms with Gasteiger partial charge in [0.2, 0.25) is 6.29 Å². The zero-order chi connectivity index (χ0) is 21.1. The van der Waals surface area contributed by atoms with E-state index in [1.807, 2.05) is 18.2 Å². The fraction of sp³-hybridized carbons (Fsp3) is 0.421. The van der Waals surface area contributed by atoms with Crippen molar-refractivity contribution in [2.24, 2.45) is 0 Å². The lowest BCUT2D eigenvalue weighted by atomic mass is 10.1. The van der Waals surface area contributed by atoms with Gasteiger partial charge in [-0.3, -0.25) is 4.57 Å². The number of rotatable bonds is 8. The van der Waals surface area contributed by atoms with E-state index in [-0.39, 0.29) is 0 Å². The number of imidazole rings is 1. The molecule has 4 rings (SSSR count). The highest BCUT2D eigenvalue weighted by molar-refractivity contribution is 7.84. The zero-order valence-electron chi connectivity index (χ0n) is 16.6. The Kier molecular flexibility index (Phi) is 6.06. The molecule has 0 amide bonds. The van der Waals surface area contributed by atoms with Crippen LogP contribution in [0.1, 0.15) is 23.9 Å². The predicted molar refractivity (Wildman–Crippen MR) is 108 cm³/mol. The summed E-state index contributed by atoms with van der Waals surface area (Å²) in [6, 6.07) is 10.2. The minimum atomic E-state index is -3.93. The number of hydrogen-bond donors (Lipinski definition) is 1. The fourth-order valence-corrected chi connectivity index (χ4v) is 3.97. The molecule has 1 N–H and O–H groups in total. The maximum atomic E-state index is 11.7. The van der Waals surface area contributed by atoms with Crippen LogP contribution in [-0.4, -0.2) is 54.5 Å². The normalized spacial score (nSPS) is 22.0. The third kappa shape index (κ3) is 4.35. The van der Waals surface area contributed by atoms with Crippen LogP contribution in [0.3, 0.4) is 0 Å². The molecular formula is C19H23N5O5S. The van der Waals surface area contributed by atoms with Crippen molar-refractivity contribution in [1.29, 1.82) is 0 Å². The molecule has 1 aliphatic rings. The molecule has 1 fully saturated rings. The van der Waals surface area contributed by atoms with E-state index in [1.165, 1.54) is 26.0 Å². The smallest absolute Gasteiger partial charge is 0.338 e. The molecule has 0 unspecified atom stereocenters. The van der Waals surface area contributed by atoms with E-state index in [4.69, 9.17) is 13.7 Å². The molecule has 30 heavy (non-hydrogen) atoms. The van der Waals surface area contributed by atoms with Crippen molar-refractivity contribution in [3.8, 4) is 0 Å². The third-order valence-corrected chi connectivity index (χ3v) is 5.98. The zero-order valence-corrected chi connectivity index (χ0v) is 17.4. The molecule has 0 saturated carbocycles. The van der Waals surface area contributed by atoms with Gasteiger partial charge in [0.25, 0.3) is 0 Å². The Labute approximate surface area is 174 Å². The molecule has 160 valence electrons. The first kappa shape index (κ1) is 20.8. The van der Waals surface area contributed by atoms with Gasteiger partial charge in [0, 0.05) is 20.6 Å². The van der Waals surface area contributed by atoms with Crippen LogP contribution in [0.15, 0.2) is 43.0 Å². The Morgan fingerprint density at radius 2 is 2.00 bits per heavy atom. The van der Waals surface area contributed by atoms with Crippen molar-refractivity contribution in [1.82, 2.24) is 24.2 Å². The lowest BCUT2D eigenvalue weighted by Crippen LogP contribution is -2.33. The molecule has 3 atom stereocenters. The molecule has 1 aliphatic heterocycles. The molecule has 0 spiro atoms. The number of aryl methyl sites for hydroxylation is 2. The summed E-state index contributed by atoms with van der Waals surface area (Å²) in [5.41, 5.74) is 3.37. The summed E-state index contributed by atoms with van der Waals surface area (Å²) in [7, 11) is -1.18. The first-order valence-corrected chi connectivity index (χ1v) is 10.9. The number of hydrogen-bond acceptors (Lipinski definition) is 8. The van der Waals surface area contributed by atoms with Gasteiger partial charge in [0.15, 0.2) is 5.65 Å². The summed E-state index contributed by atoms with van der Waals surface area (Å²) in [5.74, 6) is 0. The Bertz CT molecular complexity index is 1100. The maximum Gasteiger partial charge on any atom is 0.338 e. The first-order chi connectivity index (χ1) is 14.5. The number of fused-ring (bicyclic) bond motifs is 1. The lowest BCUT2D eigenvalue weighted by Gasteiger charge is -2.17. The number of ether oxygens (including phenoxy) is 2. The maximum absolute atomic E-state index is 11.7. The minimum absolute atomic E-state index is 0.384. The highest BCUT2D eigenvalue weighted by Crippen LogP contribution is 2.33. The molecule has 0 radical (unpaired) electrons. The second kappa shape index (κ2) is 8.74. The lowest BCUT2D eigenvalue weighted by molar-refractivity contribution is -0.128. The summed E-state index contributed by atoms with van der Waals surface area (Å²) in [5, 5.41) is 0. The monoisotopic (exact) mass is 433 g/mol. The van der Waals surface area contributed by atoms with Gasteiger partial charge in [-0.15, -0.1) is 0 Å². The van der Waals surface area contributed by atoms with E-state index in [2.05, 4.69) is 31.8 Å². The van der Waals surface area contributed by atoms with E-state index in [0.717, 1.165) is 18.5 Å². The standard InChI is InChI=1S/C19H23N5O5S/c1-20-30(25,26)29-19-15(27-2)10-16(28-19)24-12-23-17-14(21-11-22-18(17)24)9-8-13-6-4-3-5-7-13/h3-7,11-12,15-16,19-20H,8-10H2,1-2H3/t15-,16+,19+/m0/s1. The highest BCUT2D eigenvalue weighted by atomic mass is 32.2. The average molecular weight is 433 g/mol. The van der Waals surface area contributed by atoms with Crippen LogP contribution in [0.25, 0.3) is 11.2 Å². The molecule has 1 saturated heterocycles. The Morgan fingerprint density at radius 3 is 2.73 bits per heavy atom. The first-order valence-electron chi connectivity index (χ1n) is 9.51. The molecule has 3 heterocycles. The van der Waals surface area contributed by atoms with Crippen LogP contribution in [0.2, 0.25) is 0 Å². The van der Waals surface area contributed by atoms with Crippen LogP contribution >= 0.6 is 0 Å². The number of aromatic nitrogens is 4. The number of benzene rings is 1. The van der Waals surface area contributed by atoms with Crippen molar-refractivity contribution in [2.75, 3.05) is 14.2 Å². The average Bonchev–Trinajstić information content (AvgIpc) is 3.36. The number of nitrogens with one attached hydrogen (secondary N) is 1. The van der Waals surface area contributed by atoms with Crippen molar-refractivity contribution in [3.05, 3.63) is 54.2 Å². The molecule has 0 aliphatic carbocycles. The van der Waals surface area contributed by atoms with Crippen molar-refractivity contribution < 1.29 is 22.1 Å². The molecule has 0 bridgehead atoms. The molecule has 3 aromatic rings. The fourth-order valence-electron chi connectivity index (χ4n) is 3.45. The van der Waals surface area contributed by atoms with E-state index in [9.17, 15) is 8.42 Å². The van der Waals surface area contributed by atoms with Crippen molar-refractivity contribution in [2.45, 2.75) is 37.9 Å². The molecule has 10 nitrogen and oxygen atoms in total. The molecule has 1 aromatic carbocycles. The Morgan fingerprint density at radius 1 is 1.20 bits per heavy atom. The largest absolute Gasteiger partial charge is 0.376 e. The summed E-state index contributed by atoms with van der Waals surface area (Å²) in [4.78, 5) is 13.3. The summed E-state index contributed by atoms with van der Waals surface area (Å²) >= 11 is 0. The van der Waals surface area contributed by atoms with Gasteiger partial charge in [-0.25, -0.2) is 19.1 Å². The van der Waals surface area contributed by atoms with E-state index < -0.39 is 28.9 Å². The minimum Gasteiger partial charge on any atom is -0.376 e. The SMILES string of the molecule is CNS(=O)(=O)O[C@H]1O[C@@H](n2cnc3c(CCc4ccccc4)ncnc32)C[C@@H]1OC. The van der Waals surface area contributed by atoms with Gasteiger partial charge < -0.3 is 9.47 Å². The van der Waals surface area contributed by atoms with Gasteiger partial charge in [0.1, 0.15) is 24.2 Å². The van der Waals surface area contributed by atoms with Crippen LogP contribution in [0.5, 0.6) is 0 Å². The number of nitrogens with zero attached hydrogens (tertiary/aromatic N) is 4. The summed E-state index contributed by atoms with van der Waals surface area (Å²) in [6.45, 7) is 0. The van der Waals surface area contributed by atoms with Gasteiger partial charge in [0.05, 0.1) is 12.0 Å². The summed E-state index contributed by atoms with van der Waals surface area (Å²) in [6.07, 6.45) is 2.90. The highest BCUT2D eigenvalue weighted by Gasteiger charge is 2.40. The second-order valence-electron chi connectivity index (χ2n) is 6.85. The van der Waals surface area contributed by atoms with Crippen molar-refractivity contribution >= 4 is 21.5 Å². The molecule has 2 aromatic heterocycles. The van der Waals surface area contributed by atoms with Gasteiger partial charge >= 0.3 is 10.3 Å². The van der Waals surface area contributed by atoms with Gasteiger partial charge in [-0.1, -0.05) is 30.3 Å². The van der Waals surface area contributed by atoms with Crippen LogP contribution in [0.4, 0.5) is 0 Å². The number of methoxy groups -OCH3 is 1. The molecular weight excluding hydrogens is 410 g/mol. The summed E-state index contributed by atoms with van der Waals surface area (Å²) < 4.78 is 43.6. The van der Waals surface area contributed by atoms with Gasteiger partial charge in [-0.05, 0) is 18.4 Å². The van der Waals surface area contributed by atoms with E-state index in [1.54, 1.807) is 10.9 Å². The van der Waals surface area contributed by atoms with E-state index in [0.29, 0.717) is 17.6 Å². The topological polar surface area (TPSA) is 117 Å². The van der Waals surface area contributed by atoms with Crippen LogP contribution in [0, 0.1) is 0 Å². The van der Waals surface area contributed by atoms with Crippen molar-refractivity contribution in [3.63, 3.8) is 0 Å². The Balaban J connectivity index is 1.55. The Hall–Kier alpha value is -2.44. The molecule has 11 heteroatoms. The van der Waals surface area contributed by atoms with Crippen LogP contribution in [-0.2, 0) is 36.8 Å². The quantitative estimate of drug-likeness (QED) is 0.566. The predicted octanol–water partition coefficient (Wildman–Crippen LogP) is 1.35. The third-order valence-electron chi connectivity index (χ3n) is 5.04. The van der Waals surface area contributed by atoms with E-state index >= 15 is 0 Å². The second-order valence-corrected chi connectivity index (χ2v) is 8.36. The van der Waals surface area contributed by atoms with Gasteiger partial charge in [-0.2, -0.15) is 13.1 Å².